The minimum Gasteiger partial charge on any atom is -0.264 e. The first-order valence-electron chi connectivity index (χ1n) is 2.96. The van der Waals surface area contributed by atoms with Gasteiger partial charge in [-0.05, 0) is 12.1 Å². The lowest BCUT2D eigenvalue weighted by atomic mass is 10.3. The third-order valence-electron chi connectivity index (χ3n) is 1.04. The Balaban J connectivity index is 3.02. The number of carbonyl (C=O) groups excluding carboxylic acids is 1. The lowest BCUT2D eigenvalue weighted by Crippen LogP contribution is -1.96. The van der Waals surface area contributed by atoms with Crippen molar-refractivity contribution in [2.45, 2.75) is 0 Å². The van der Waals surface area contributed by atoms with Gasteiger partial charge in [0.1, 0.15) is 5.69 Å². The van der Waals surface area contributed by atoms with Crippen LogP contribution in [-0.4, -0.2) is 19.3 Å². The molecule has 0 spiro atoms. The normalized spacial score (nSPS) is 9.00. The molecule has 0 atom stereocenters. The van der Waals surface area contributed by atoms with E-state index in [1.807, 2.05) is 0 Å². The van der Waals surface area contributed by atoms with Crippen LogP contribution in [0.2, 0.25) is 0 Å². The first kappa shape index (κ1) is 8.54. The van der Waals surface area contributed by atoms with Crippen LogP contribution in [0.5, 0.6) is 0 Å². The molecular weight excluding hydrogens is 180 g/mol. The lowest BCUT2D eigenvalue weighted by Gasteiger charge is -1.87. The quantitative estimate of drug-likeness (QED) is 0.628. The van der Waals surface area contributed by atoms with E-state index in [-0.39, 0.29) is 5.69 Å². The Morgan fingerprint density at radius 2 is 2.17 bits per heavy atom. The minimum atomic E-state index is -2.71. The van der Waals surface area contributed by atoms with Crippen molar-refractivity contribution >= 4 is 16.4 Å². The molecule has 0 aliphatic carbocycles. The first-order chi connectivity index (χ1) is 5.70. The average Bonchev–Trinajstić information content (AvgIpc) is 2.05. The van der Waals surface area contributed by atoms with Crippen molar-refractivity contribution in [2.24, 2.45) is 4.36 Å². The van der Waals surface area contributed by atoms with Gasteiger partial charge in [0.25, 0.3) is 0 Å². The molecule has 0 saturated carbocycles. The number of hydrogen-bond donors (Lipinski definition) is 0. The summed E-state index contributed by atoms with van der Waals surface area (Å²) < 4.78 is 22.7. The summed E-state index contributed by atoms with van der Waals surface area (Å²) in [6.07, 6.45) is 1.39. The second-order valence-corrected chi connectivity index (χ2v) is 2.45. The van der Waals surface area contributed by atoms with Gasteiger partial charge < -0.3 is 0 Å². The number of pyridine rings is 1. The van der Waals surface area contributed by atoms with Gasteiger partial charge in [0.05, 0.1) is 0 Å². The van der Waals surface area contributed by atoms with Crippen molar-refractivity contribution < 1.29 is 13.2 Å². The number of amides is 1. The van der Waals surface area contributed by atoms with Crippen molar-refractivity contribution in [1.82, 2.24) is 4.98 Å². The molecule has 0 aromatic carbocycles. The summed E-state index contributed by atoms with van der Waals surface area (Å²) in [7, 11) is -2.71. The molecule has 0 fully saturated rings. The number of nitrogens with zero attached hydrogens (tertiary/aromatic N) is 2. The van der Waals surface area contributed by atoms with Gasteiger partial charge in [0.2, 0.25) is 0 Å². The summed E-state index contributed by atoms with van der Waals surface area (Å²) in [6, 6.07) is 4.58. The molecule has 62 valence electrons. The van der Waals surface area contributed by atoms with Gasteiger partial charge in [-0.3, -0.25) is 9.78 Å². The Labute approximate surface area is 69.8 Å². The highest BCUT2D eigenvalue weighted by Crippen LogP contribution is 1.94. The van der Waals surface area contributed by atoms with Crippen LogP contribution in [0, 0.1) is 0 Å². The third kappa shape index (κ3) is 2.24. The largest absolute Gasteiger partial charge is 0.319 e. The summed E-state index contributed by atoms with van der Waals surface area (Å²) in [5, 5.41) is 0. The van der Waals surface area contributed by atoms with Crippen LogP contribution >= 0.6 is 0 Å². The maximum Gasteiger partial charge on any atom is 0.319 e. The highest BCUT2D eigenvalue weighted by atomic mass is 32.2. The van der Waals surface area contributed by atoms with Crippen LogP contribution in [0.15, 0.2) is 28.8 Å². The molecule has 0 saturated heterocycles. The molecule has 5 nitrogen and oxygen atoms in total. The van der Waals surface area contributed by atoms with E-state index in [2.05, 4.69) is 9.35 Å². The molecule has 0 unspecified atom stereocenters. The fourth-order valence-corrected chi connectivity index (χ4v) is 0.833. The van der Waals surface area contributed by atoms with E-state index in [0.29, 0.717) is 0 Å². The fraction of sp³-hybridized carbons (Fsp3) is 0. The monoisotopic (exact) mass is 184 g/mol. The van der Waals surface area contributed by atoms with E-state index < -0.39 is 16.4 Å². The molecule has 6 heteroatoms. The van der Waals surface area contributed by atoms with E-state index in [0.717, 1.165) is 0 Å². The molecule has 1 aromatic rings. The second kappa shape index (κ2) is 3.72. The Morgan fingerprint density at radius 3 is 2.67 bits per heavy atom. The molecule has 0 radical (unpaired) electrons. The molecule has 0 aliphatic heterocycles. The van der Waals surface area contributed by atoms with E-state index >= 15 is 0 Å². The van der Waals surface area contributed by atoms with Crippen LogP contribution < -0.4 is 0 Å². The molecule has 0 bridgehead atoms. The van der Waals surface area contributed by atoms with Gasteiger partial charge in [-0.1, -0.05) is 10.4 Å². The molecule has 0 N–H and O–H groups in total. The summed E-state index contributed by atoms with van der Waals surface area (Å²) in [5.41, 5.74) is 0.0155. The maximum atomic E-state index is 10.8. The van der Waals surface area contributed by atoms with Crippen molar-refractivity contribution in [3.63, 3.8) is 0 Å². The SMILES string of the molecule is O=C(N=S(=O)=O)c1ccccn1. The molecule has 1 rings (SSSR count). The topological polar surface area (TPSA) is 76.5 Å². The van der Waals surface area contributed by atoms with Crippen LogP contribution in [0.4, 0.5) is 0 Å². The van der Waals surface area contributed by atoms with Gasteiger partial charge in [0, 0.05) is 6.20 Å². The summed E-state index contributed by atoms with van der Waals surface area (Å²) in [6.45, 7) is 0. The van der Waals surface area contributed by atoms with Crippen molar-refractivity contribution in [1.29, 1.82) is 0 Å². The smallest absolute Gasteiger partial charge is 0.264 e. The molecular formula is C6H4N2O3S. The zero-order valence-corrected chi connectivity index (χ0v) is 6.65. The fourth-order valence-electron chi connectivity index (χ4n) is 0.604. The second-order valence-electron chi connectivity index (χ2n) is 1.83. The van der Waals surface area contributed by atoms with Gasteiger partial charge in [0.15, 0.2) is 0 Å². The van der Waals surface area contributed by atoms with Gasteiger partial charge >= 0.3 is 16.4 Å². The Bertz CT molecular complexity index is 402. The Hall–Kier alpha value is -1.56. The molecule has 1 aromatic heterocycles. The van der Waals surface area contributed by atoms with Crippen molar-refractivity contribution in [3.8, 4) is 0 Å². The molecule has 1 heterocycles. The van der Waals surface area contributed by atoms with Crippen LogP contribution in [-0.2, 0) is 10.5 Å². The Morgan fingerprint density at radius 1 is 1.42 bits per heavy atom. The minimum absolute atomic E-state index is 0.0155. The summed E-state index contributed by atoms with van der Waals surface area (Å²) in [5.74, 6) is -0.857. The predicted octanol–water partition coefficient (Wildman–Crippen LogP) is 0.285. The lowest BCUT2D eigenvalue weighted by molar-refractivity contribution is 0.100. The predicted molar refractivity (Wildman–Crippen MR) is 39.9 cm³/mol. The zero-order valence-electron chi connectivity index (χ0n) is 5.84. The summed E-state index contributed by atoms with van der Waals surface area (Å²) in [4.78, 5) is 14.4. The highest BCUT2D eigenvalue weighted by molar-refractivity contribution is 7.62. The number of rotatable bonds is 1. The Kier molecular flexibility index (Phi) is 2.65. The number of carbonyl (C=O) groups is 1. The van der Waals surface area contributed by atoms with Gasteiger partial charge in [-0.25, -0.2) is 0 Å². The van der Waals surface area contributed by atoms with E-state index in [1.54, 1.807) is 12.1 Å². The van der Waals surface area contributed by atoms with Gasteiger partial charge in [-0.15, -0.1) is 0 Å². The van der Waals surface area contributed by atoms with E-state index in [4.69, 9.17) is 0 Å². The van der Waals surface area contributed by atoms with Crippen LogP contribution in [0.1, 0.15) is 10.5 Å². The number of hydrogen-bond acceptors (Lipinski definition) is 4. The summed E-state index contributed by atoms with van der Waals surface area (Å²) >= 11 is 0. The van der Waals surface area contributed by atoms with Gasteiger partial charge in [-0.2, -0.15) is 8.42 Å². The van der Waals surface area contributed by atoms with Crippen LogP contribution in [0.25, 0.3) is 0 Å². The third-order valence-corrected chi connectivity index (χ3v) is 1.36. The zero-order chi connectivity index (χ0) is 8.97. The van der Waals surface area contributed by atoms with Crippen molar-refractivity contribution in [2.75, 3.05) is 0 Å². The van der Waals surface area contributed by atoms with Crippen LogP contribution in [0.3, 0.4) is 0 Å². The molecule has 12 heavy (non-hydrogen) atoms. The molecule has 0 aliphatic rings. The standard InChI is InChI=1S/C6H4N2O3S/c9-6(8-12(10)11)5-3-1-2-4-7-5/h1-4H. The maximum absolute atomic E-state index is 10.8. The number of aromatic nitrogens is 1. The first-order valence-corrected chi connectivity index (χ1v) is 4.00. The average molecular weight is 184 g/mol. The molecule has 1 amide bonds. The van der Waals surface area contributed by atoms with E-state index in [1.165, 1.54) is 12.3 Å². The van der Waals surface area contributed by atoms with Crippen molar-refractivity contribution in [3.05, 3.63) is 30.1 Å². The van der Waals surface area contributed by atoms with E-state index in [9.17, 15) is 13.2 Å². The highest BCUT2D eigenvalue weighted by Gasteiger charge is 2.03.